The number of carbonyl (C=O) groups excluding carboxylic acids is 1. The Morgan fingerprint density at radius 2 is 2.04 bits per heavy atom. The van der Waals surface area contributed by atoms with Crippen molar-refractivity contribution < 1.29 is 18.0 Å². The van der Waals surface area contributed by atoms with Crippen LogP contribution in [0.4, 0.5) is 19.0 Å². The zero-order valence-electron chi connectivity index (χ0n) is 12.4. The molecule has 23 heavy (non-hydrogen) atoms. The Labute approximate surface area is 135 Å². The highest BCUT2D eigenvalue weighted by Gasteiger charge is 2.34. The summed E-state index contributed by atoms with van der Waals surface area (Å²) >= 11 is 5.98. The van der Waals surface area contributed by atoms with Crippen LogP contribution in [0.1, 0.15) is 11.4 Å². The summed E-state index contributed by atoms with van der Waals surface area (Å²) in [7, 11) is 0. The molecule has 2 heterocycles. The third-order valence-electron chi connectivity index (χ3n) is 3.14. The average Bonchev–Trinajstić information content (AvgIpc) is 2.72. The Bertz CT molecular complexity index is 700. The Morgan fingerprint density at radius 3 is 2.52 bits per heavy atom. The van der Waals surface area contributed by atoms with Crippen molar-refractivity contribution in [3.63, 3.8) is 0 Å². The topological polar surface area (TPSA) is 51.0 Å². The zero-order chi connectivity index (χ0) is 17.2. The molecule has 124 valence electrons. The van der Waals surface area contributed by atoms with Crippen LogP contribution in [-0.4, -0.2) is 33.4 Å². The fourth-order valence-corrected chi connectivity index (χ4v) is 2.17. The Kier molecular flexibility index (Phi) is 4.93. The normalized spacial score (nSPS) is 11.6. The predicted octanol–water partition coefficient (Wildman–Crippen LogP) is 3.14. The lowest BCUT2D eigenvalue weighted by Gasteiger charge is -2.23. The van der Waals surface area contributed by atoms with Crippen LogP contribution in [0.2, 0.25) is 5.02 Å². The van der Waals surface area contributed by atoms with Gasteiger partial charge in [0.15, 0.2) is 0 Å². The summed E-state index contributed by atoms with van der Waals surface area (Å²) in [6.45, 7) is 1.52. The van der Waals surface area contributed by atoms with Crippen molar-refractivity contribution in [3.8, 4) is 0 Å². The van der Waals surface area contributed by atoms with Crippen molar-refractivity contribution in [1.82, 2.24) is 14.8 Å². The number of hydrogen-bond donors (Lipinski definition) is 0. The molecule has 0 aliphatic carbocycles. The highest BCUT2D eigenvalue weighted by molar-refractivity contribution is 6.31. The quantitative estimate of drug-likeness (QED) is 0.854. The number of aromatic nitrogens is 3. The lowest BCUT2D eigenvalue weighted by molar-refractivity contribution is -0.133. The number of carbonyl (C=O) groups is 1. The molecule has 0 aromatic carbocycles. The molecule has 0 aliphatic rings. The number of amides is 1. The van der Waals surface area contributed by atoms with Gasteiger partial charge in [-0.05, 0) is 26.0 Å². The Morgan fingerprint density at radius 1 is 1.35 bits per heavy atom. The molecule has 0 aliphatic heterocycles. The summed E-state index contributed by atoms with van der Waals surface area (Å²) in [5.74, 6) is -0.842. The van der Waals surface area contributed by atoms with Gasteiger partial charge in [-0.2, -0.15) is 18.3 Å². The molecule has 0 spiro atoms. The molecule has 0 atom stereocenters. The first kappa shape index (κ1) is 17.3. The number of hydrogen-bond acceptors (Lipinski definition) is 3. The lowest BCUT2D eigenvalue weighted by atomic mass is 10.3. The molecular weight excluding hydrogens is 333 g/mol. The molecule has 2 aromatic heterocycles. The maximum atomic E-state index is 12.8. The summed E-state index contributed by atoms with van der Waals surface area (Å²) in [5.41, 5.74) is 1.03. The van der Waals surface area contributed by atoms with E-state index in [-0.39, 0.29) is 12.4 Å². The first-order valence-corrected chi connectivity index (χ1v) is 7.04. The molecular formula is C14H14ClF3N4O. The van der Waals surface area contributed by atoms with Crippen LogP contribution >= 0.6 is 11.6 Å². The van der Waals surface area contributed by atoms with Crippen LogP contribution in [-0.2, 0) is 11.3 Å². The molecule has 0 saturated carbocycles. The molecule has 0 N–H and O–H groups in total. The SMILES string of the molecule is Cc1nn(CC(=O)N(CC(F)(F)F)c2ccccn2)c(C)c1Cl. The van der Waals surface area contributed by atoms with Gasteiger partial charge in [0.05, 0.1) is 16.4 Å². The van der Waals surface area contributed by atoms with E-state index in [1.54, 1.807) is 19.9 Å². The van der Waals surface area contributed by atoms with E-state index in [9.17, 15) is 18.0 Å². The van der Waals surface area contributed by atoms with Crippen molar-refractivity contribution in [1.29, 1.82) is 0 Å². The lowest BCUT2D eigenvalue weighted by Crippen LogP contribution is -2.41. The minimum atomic E-state index is -4.54. The summed E-state index contributed by atoms with van der Waals surface area (Å²) in [6.07, 6.45) is -3.22. The Hall–Kier alpha value is -2.09. The maximum Gasteiger partial charge on any atom is 0.406 e. The van der Waals surface area contributed by atoms with Crippen LogP contribution in [0.5, 0.6) is 0 Å². The van der Waals surface area contributed by atoms with Gasteiger partial charge in [0.1, 0.15) is 18.9 Å². The van der Waals surface area contributed by atoms with E-state index < -0.39 is 18.6 Å². The number of rotatable bonds is 4. The molecule has 0 bridgehead atoms. The molecule has 2 rings (SSSR count). The van der Waals surface area contributed by atoms with Crippen molar-refractivity contribution in [2.24, 2.45) is 0 Å². The molecule has 0 unspecified atom stereocenters. The average molecular weight is 347 g/mol. The van der Waals surface area contributed by atoms with Gasteiger partial charge in [0, 0.05) is 6.20 Å². The highest BCUT2D eigenvalue weighted by atomic mass is 35.5. The van der Waals surface area contributed by atoms with Crippen LogP contribution in [0.25, 0.3) is 0 Å². The first-order chi connectivity index (χ1) is 10.7. The largest absolute Gasteiger partial charge is 0.406 e. The second kappa shape index (κ2) is 6.57. The minimum Gasteiger partial charge on any atom is -0.286 e. The molecule has 9 heteroatoms. The van der Waals surface area contributed by atoms with Gasteiger partial charge in [-0.3, -0.25) is 14.4 Å². The fourth-order valence-electron chi connectivity index (χ4n) is 2.03. The van der Waals surface area contributed by atoms with Crippen LogP contribution in [0, 0.1) is 13.8 Å². The molecule has 1 amide bonds. The third kappa shape index (κ3) is 4.22. The molecule has 0 fully saturated rings. The van der Waals surface area contributed by atoms with E-state index in [1.807, 2.05) is 0 Å². The smallest absolute Gasteiger partial charge is 0.286 e. The van der Waals surface area contributed by atoms with Gasteiger partial charge in [0.2, 0.25) is 5.91 Å². The van der Waals surface area contributed by atoms with E-state index in [4.69, 9.17) is 11.6 Å². The molecule has 5 nitrogen and oxygen atoms in total. The minimum absolute atomic E-state index is 0.0672. The van der Waals surface area contributed by atoms with Crippen molar-refractivity contribution in [2.75, 3.05) is 11.4 Å². The van der Waals surface area contributed by atoms with Crippen LogP contribution in [0.3, 0.4) is 0 Å². The van der Waals surface area contributed by atoms with Gasteiger partial charge in [-0.1, -0.05) is 17.7 Å². The van der Waals surface area contributed by atoms with Crippen LogP contribution in [0.15, 0.2) is 24.4 Å². The molecule has 0 saturated heterocycles. The summed E-state index contributed by atoms with van der Waals surface area (Å²) in [6, 6.07) is 4.41. The predicted molar refractivity (Wildman–Crippen MR) is 79.4 cm³/mol. The second-order valence-corrected chi connectivity index (χ2v) is 5.30. The second-order valence-electron chi connectivity index (χ2n) is 4.93. The highest BCUT2D eigenvalue weighted by Crippen LogP contribution is 2.22. The molecule has 2 aromatic rings. The van der Waals surface area contributed by atoms with Gasteiger partial charge >= 0.3 is 6.18 Å². The van der Waals surface area contributed by atoms with Gasteiger partial charge in [-0.15, -0.1) is 0 Å². The van der Waals surface area contributed by atoms with Gasteiger partial charge in [-0.25, -0.2) is 4.98 Å². The van der Waals surface area contributed by atoms with Crippen molar-refractivity contribution >= 4 is 23.3 Å². The van der Waals surface area contributed by atoms with Crippen molar-refractivity contribution in [3.05, 3.63) is 40.8 Å². The summed E-state index contributed by atoms with van der Waals surface area (Å²) in [5, 5.41) is 4.44. The van der Waals surface area contributed by atoms with Gasteiger partial charge < -0.3 is 0 Å². The van der Waals surface area contributed by atoms with Gasteiger partial charge in [0.25, 0.3) is 0 Å². The van der Waals surface area contributed by atoms with E-state index in [0.717, 1.165) is 0 Å². The number of anilines is 1. The summed E-state index contributed by atoms with van der Waals surface area (Å²) < 4.78 is 39.6. The number of pyridine rings is 1. The van der Waals surface area contributed by atoms with E-state index in [0.29, 0.717) is 21.3 Å². The number of aryl methyl sites for hydroxylation is 1. The number of nitrogens with zero attached hydrogens (tertiary/aromatic N) is 4. The van der Waals surface area contributed by atoms with E-state index in [2.05, 4.69) is 10.1 Å². The number of alkyl halides is 3. The molecule has 0 radical (unpaired) electrons. The van der Waals surface area contributed by atoms with Crippen molar-refractivity contribution in [2.45, 2.75) is 26.6 Å². The van der Waals surface area contributed by atoms with E-state index in [1.165, 1.54) is 23.0 Å². The Balaban J connectivity index is 2.28. The zero-order valence-corrected chi connectivity index (χ0v) is 13.2. The fraction of sp³-hybridized carbons (Fsp3) is 0.357. The summed E-state index contributed by atoms with van der Waals surface area (Å²) in [4.78, 5) is 16.8. The van der Waals surface area contributed by atoms with E-state index >= 15 is 0 Å². The third-order valence-corrected chi connectivity index (χ3v) is 3.69. The first-order valence-electron chi connectivity index (χ1n) is 6.66. The monoisotopic (exact) mass is 346 g/mol. The van der Waals surface area contributed by atoms with Crippen LogP contribution < -0.4 is 4.90 Å². The maximum absolute atomic E-state index is 12.8. The standard InChI is InChI=1S/C14H14ClF3N4O/c1-9-13(15)10(2)22(20-9)7-12(23)21(8-14(16,17)18)11-5-3-4-6-19-11/h3-6H,7-8H2,1-2H3. The number of halogens is 4.